The fraction of sp³-hybridized carbons (Fsp3) is 1.00. The minimum Gasteiger partial charge on any atom is -0.766 e. The van der Waals surface area contributed by atoms with Crippen molar-refractivity contribution >= 4 is 7.75 Å². The molecule has 1 rings (SSSR count). The second kappa shape index (κ2) is 4.73. The molecular weight excluding hydrogens is 205 g/mol. The lowest BCUT2D eigenvalue weighted by atomic mass is 10.1. The third kappa shape index (κ3) is 3.04. The predicted molar refractivity (Wildman–Crippen MR) is 50.8 cm³/mol. The van der Waals surface area contributed by atoms with Crippen LogP contribution in [0.1, 0.15) is 26.7 Å². The van der Waals surface area contributed by atoms with Crippen LogP contribution in [0.4, 0.5) is 0 Å². The lowest BCUT2D eigenvalue weighted by Gasteiger charge is -2.27. The summed E-state index contributed by atoms with van der Waals surface area (Å²) in [6, 6.07) is -0.154. The van der Waals surface area contributed by atoms with Crippen molar-refractivity contribution in [3.8, 4) is 0 Å². The van der Waals surface area contributed by atoms with Crippen molar-refractivity contribution in [2.75, 3.05) is 7.11 Å². The van der Waals surface area contributed by atoms with E-state index in [1.54, 1.807) is 0 Å². The SMILES string of the molecule is CCC1OC(C)CC1NP(=O)([O-])OC. The summed E-state index contributed by atoms with van der Waals surface area (Å²) in [6.45, 7) is 3.91. The van der Waals surface area contributed by atoms with Gasteiger partial charge in [0.2, 0.25) is 7.75 Å². The van der Waals surface area contributed by atoms with E-state index in [1.165, 1.54) is 0 Å². The Kier molecular flexibility index (Phi) is 4.10. The maximum absolute atomic E-state index is 11.2. The van der Waals surface area contributed by atoms with Gasteiger partial charge in [-0.15, -0.1) is 0 Å². The zero-order valence-electron chi connectivity index (χ0n) is 8.73. The summed E-state index contributed by atoms with van der Waals surface area (Å²) in [7, 11) is -2.73. The summed E-state index contributed by atoms with van der Waals surface area (Å²) in [5.41, 5.74) is 0. The van der Waals surface area contributed by atoms with Crippen molar-refractivity contribution in [2.45, 2.75) is 44.9 Å². The van der Waals surface area contributed by atoms with E-state index in [4.69, 9.17) is 4.74 Å². The van der Waals surface area contributed by atoms with E-state index in [-0.39, 0.29) is 18.2 Å². The highest BCUT2D eigenvalue weighted by Crippen LogP contribution is 2.35. The number of hydrogen-bond donors (Lipinski definition) is 1. The zero-order valence-corrected chi connectivity index (χ0v) is 9.62. The second-order valence-corrected chi connectivity index (χ2v) is 5.16. The molecule has 0 spiro atoms. The van der Waals surface area contributed by atoms with Crippen LogP contribution < -0.4 is 9.98 Å². The molecule has 1 fully saturated rings. The third-order valence-corrected chi connectivity index (χ3v) is 3.54. The lowest BCUT2D eigenvalue weighted by Crippen LogP contribution is -2.37. The topological polar surface area (TPSA) is 70.6 Å². The molecule has 6 heteroatoms. The maximum atomic E-state index is 11.2. The van der Waals surface area contributed by atoms with Gasteiger partial charge in [-0.05, 0) is 19.8 Å². The monoisotopic (exact) mass is 222 g/mol. The second-order valence-electron chi connectivity index (χ2n) is 3.54. The summed E-state index contributed by atoms with van der Waals surface area (Å²) in [6.07, 6.45) is 1.57. The molecule has 14 heavy (non-hydrogen) atoms. The molecule has 0 amide bonds. The molecule has 1 aliphatic rings. The number of nitrogens with one attached hydrogen (secondary N) is 1. The molecule has 0 saturated carbocycles. The molecule has 0 radical (unpaired) electrons. The van der Waals surface area contributed by atoms with Crippen LogP contribution in [-0.2, 0) is 13.8 Å². The summed E-state index contributed by atoms with van der Waals surface area (Å²) in [5.74, 6) is 0. The van der Waals surface area contributed by atoms with Crippen LogP contribution in [0.2, 0.25) is 0 Å². The van der Waals surface area contributed by atoms with E-state index in [2.05, 4.69) is 9.61 Å². The van der Waals surface area contributed by atoms with Gasteiger partial charge in [-0.1, -0.05) is 6.92 Å². The molecule has 1 heterocycles. The van der Waals surface area contributed by atoms with Crippen LogP contribution >= 0.6 is 7.75 Å². The Morgan fingerprint density at radius 1 is 1.71 bits per heavy atom. The average molecular weight is 222 g/mol. The first-order valence-corrected chi connectivity index (χ1v) is 6.32. The van der Waals surface area contributed by atoms with Crippen LogP contribution in [0, 0.1) is 0 Å². The molecule has 84 valence electrons. The minimum atomic E-state index is -3.88. The van der Waals surface area contributed by atoms with Crippen molar-refractivity contribution in [3.05, 3.63) is 0 Å². The highest BCUT2D eigenvalue weighted by Gasteiger charge is 2.33. The minimum absolute atomic E-state index is 0.0394. The Morgan fingerprint density at radius 3 is 2.86 bits per heavy atom. The van der Waals surface area contributed by atoms with Gasteiger partial charge in [0.05, 0.1) is 12.2 Å². The van der Waals surface area contributed by atoms with E-state index in [0.29, 0.717) is 6.42 Å². The average Bonchev–Trinajstić information content (AvgIpc) is 2.45. The summed E-state index contributed by atoms with van der Waals surface area (Å²) < 4.78 is 21.1. The first-order chi connectivity index (χ1) is 6.48. The van der Waals surface area contributed by atoms with Crippen LogP contribution in [0.3, 0.4) is 0 Å². The van der Waals surface area contributed by atoms with Crippen molar-refractivity contribution in [1.29, 1.82) is 0 Å². The van der Waals surface area contributed by atoms with Crippen LogP contribution in [-0.4, -0.2) is 25.4 Å². The van der Waals surface area contributed by atoms with Crippen molar-refractivity contribution < 1.29 is 18.7 Å². The van der Waals surface area contributed by atoms with E-state index >= 15 is 0 Å². The molecule has 1 N–H and O–H groups in total. The van der Waals surface area contributed by atoms with Gasteiger partial charge in [-0.3, -0.25) is 9.65 Å². The largest absolute Gasteiger partial charge is 0.766 e. The standard InChI is InChI=1S/C8H18NO4P/c1-4-8-7(5-6(2)13-8)9-14(10,11)12-3/h6-8H,4-5H2,1-3H3,(H2,9,10,11)/p-1. The Morgan fingerprint density at radius 2 is 2.36 bits per heavy atom. The predicted octanol–water partition coefficient (Wildman–Crippen LogP) is 0.647. The van der Waals surface area contributed by atoms with Crippen LogP contribution in [0.15, 0.2) is 0 Å². The molecule has 0 aliphatic carbocycles. The fourth-order valence-electron chi connectivity index (χ4n) is 1.73. The molecular formula is C8H17NO4P-. The van der Waals surface area contributed by atoms with Crippen molar-refractivity contribution in [2.24, 2.45) is 0 Å². The van der Waals surface area contributed by atoms with Crippen LogP contribution in [0.5, 0.6) is 0 Å². The smallest absolute Gasteiger partial charge is 0.204 e. The van der Waals surface area contributed by atoms with Crippen molar-refractivity contribution in [3.63, 3.8) is 0 Å². The van der Waals surface area contributed by atoms with Gasteiger partial charge >= 0.3 is 0 Å². The van der Waals surface area contributed by atoms with Gasteiger partial charge in [0.15, 0.2) is 0 Å². The fourth-order valence-corrected chi connectivity index (χ4v) is 2.51. The quantitative estimate of drug-likeness (QED) is 0.707. The Hall–Kier alpha value is 0.0700. The van der Waals surface area contributed by atoms with E-state index < -0.39 is 7.75 Å². The van der Waals surface area contributed by atoms with E-state index in [9.17, 15) is 9.46 Å². The maximum Gasteiger partial charge on any atom is 0.204 e. The highest BCUT2D eigenvalue weighted by molar-refractivity contribution is 7.49. The Balaban J connectivity index is 2.55. The first-order valence-electron chi connectivity index (χ1n) is 4.78. The van der Waals surface area contributed by atoms with Gasteiger partial charge in [0.1, 0.15) is 0 Å². The molecule has 0 aromatic rings. The summed E-state index contributed by atoms with van der Waals surface area (Å²) in [5, 5.41) is 2.49. The van der Waals surface area contributed by atoms with Crippen molar-refractivity contribution in [1.82, 2.24) is 5.09 Å². The van der Waals surface area contributed by atoms with Gasteiger partial charge in [0, 0.05) is 13.2 Å². The number of rotatable bonds is 4. The van der Waals surface area contributed by atoms with Gasteiger partial charge in [-0.2, -0.15) is 0 Å². The van der Waals surface area contributed by atoms with Crippen LogP contribution in [0.25, 0.3) is 0 Å². The lowest BCUT2D eigenvalue weighted by molar-refractivity contribution is -0.201. The van der Waals surface area contributed by atoms with Gasteiger partial charge in [-0.25, -0.2) is 0 Å². The Bertz CT molecular complexity index is 235. The molecule has 0 aromatic carbocycles. The number of hydrogen-bond acceptors (Lipinski definition) is 4. The molecule has 5 nitrogen and oxygen atoms in total. The molecule has 4 unspecified atom stereocenters. The summed E-state index contributed by atoms with van der Waals surface area (Å²) in [4.78, 5) is 11.2. The molecule has 1 aliphatic heterocycles. The molecule has 1 saturated heterocycles. The number of ether oxygens (including phenoxy) is 1. The van der Waals surface area contributed by atoms with Gasteiger partial charge < -0.3 is 14.2 Å². The van der Waals surface area contributed by atoms with E-state index in [1.807, 2.05) is 13.8 Å². The summed E-state index contributed by atoms with van der Waals surface area (Å²) >= 11 is 0. The molecule has 4 atom stereocenters. The zero-order chi connectivity index (χ0) is 10.8. The third-order valence-electron chi connectivity index (χ3n) is 2.41. The van der Waals surface area contributed by atoms with Gasteiger partial charge in [0.25, 0.3) is 0 Å². The molecule has 0 aromatic heterocycles. The van der Waals surface area contributed by atoms with E-state index in [0.717, 1.165) is 13.5 Å². The first kappa shape index (κ1) is 12.1. The highest BCUT2D eigenvalue weighted by atomic mass is 31.2. The Labute approximate surface area is 84.4 Å². The molecule has 0 bridgehead atoms. The normalized spacial score (nSPS) is 37.0.